The first-order valence-corrected chi connectivity index (χ1v) is 8.40. The van der Waals surface area contributed by atoms with Gasteiger partial charge in [0.2, 0.25) is 10.4 Å². The SMILES string of the molecule is C=CCOC(=O)C=CC(=O)OCCC[N+](C)(C)CC.O=S(=O)([O-])O. The Morgan fingerprint density at radius 1 is 1.21 bits per heavy atom. The highest BCUT2D eigenvalue weighted by Crippen LogP contribution is 1.98. The molecule has 0 unspecified atom stereocenters. The van der Waals surface area contributed by atoms with Crippen LogP contribution in [0, 0.1) is 0 Å². The van der Waals surface area contributed by atoms with Gasteiger partial charge >= 0.3 is 11.9 Å². The lowest BCUT2D eigenvalue weighted by Crippen LogP contribution is -2.40. The summed E-state index contributed by atoms with van der Waals surface area (Å²) in [5.74, 6) is -1.11. The first-order chi connectivity index (χ1) is 10.9. The number of rotatable bonds is 9. The van der Waals surface area contributed by atoms with E-state index in [0.717, 1.165) is 36.1 Å². The highest BCUT2D eigenvalue weighted by atomic mass is 32.3. The number of esters is 2. The Labute approximate surface area is 142 Å². The van der Waals surface area contributed by atoms with Crippen LogP contribution in [0.15, 0.2) is 24.8 Å². The maximum atomic E-state index is 11.3. The third-order valence-electron chi connectivity index (χ3n) is 2.71. The predicted octanol–water partition coefficient (Wildman–Crippen LogP) is 0.306. The Kier molecular flexibility index (Phi) is 12.9. The highest BCUT2D eigenvalue weighted by Gasteiger charge is 2.11. The van der Waals surface area contributed by atoms with Crippen LogP contribution in [0.4, 0.5) is 0 Å². The maximum absolute atomic E-state index is 11.3. The van der Waals surface area contributed by atoms with Gasteiger partial charge in [-0.15, -0.1) is 0 Å². The van der Waals surface area contributed by atoms with Gasteiger partial charge in [-0.25, -0.2) is 18.0 Å². The van der Waals surface area contributed by atoms with E-state index in [4.69, 9.17) is 22.3 Å². The van der Waals surface area contributed by atoms with Gasteiger partial charge in [-0.3, -0.25) is 4.55 Å². The van der Waals surface area contributed by atoms with Crippen molar-refractivity contribution in [3.63, 3.8) is 0 Å². The van der Waals surface area contributed by atoms with Crippen LogP contribution in [0.1, 0.15) is 13.3 Å². The molecule has 140 valence electrons. The van der Waals surface area contributed by atoms with Crippen LogP contribution < -0.4 is 0 Å². The summed E-state index contributed by atoms with van der Waals surface area (Å²) in [5.41, 5.74) is 0. The van der Waals surface area contributed by atoms with E-state index in [-0.39, 0.29) is 6.61 Å². The van der Waals surface area contributed by atoms with E-state index in [9.17, 15) is 9.59 Å². The number of carbonyl (C=O) groups is 2. The third-order valence-corrected chi connectivity index (χ3v) is 2.71. The third kappa shape index (κ3) is 22.5. The predicted molar refractivity (Wildman–Crippen MR) is 85.7 cm³/mol. The van der Waals surface area contributed by atoms with Crippen molar-refractivity contribution in [3.8, 4) is 0 Å². The van der Waals surface area contributed by atoms with Gasteiger partial charge in [0.1, 0.15) is 6.61 Å². The first-order valence-electron chi connectivity index (χ1n) is 7.04. The normalized spacial score (nSPS) is 11.4. The Bertz CT molecular complexity index is 517. The average molecular weight is 367 g/mol. The summed E-state index contributed by atoms with van der Waals surface area (Å²) in [7, 11) is -0.672. The van der Waals surface area contributed by atoms with Crippen molar-refractivity contribution in [2.45, 2.75) is 13.3 Å². The van der Waals surface area contributed by atoms with Gasteiger partial charge in [0.05, 0.1) is 33.8 Å². The largest absolute Gasteiger partial charge is 0.726 e. The molecule has 9 nitrogen and oxygen atoms in total. The molecule has 0 rings (SSSR count). The van der Waals surface area contributed by atoms with Gasteiger partial charge in [-0.2, -0.15) is 0 Å². The smallest absolute Gasteiger partial charge is 0.331 e. The van der Waals surface area contributed by atoms with Gasteiger partial charge in [0, 0.05) is 18.6 Å². The Balaban J connectivity index is 0. The molecule has 0 aromatic rings. The van der Waals surface area contributed by atoms with Crippen molar-refractivity contribution in [2.24, 2.45) is 0 Å². The van der Waals surface area contributed by atoms with Crippen molar-refractivity contribution >= 4 is 22.3 Å². The molecule has 0 amide bonds. The fraction of sp³-hybridized carbons (Fsp3) is 0.571. The van der Waals surface area contributed by atoms with Gasteiger partial charge in [0.25, 0.3) is 0 Å². The van der Waals surface area contributed by atoms with E-state index in [1.165, 1.54) is 6.08 Å². The second kappa shape index (κ2) is 12.6. The van der Waals surface area contributed by atoms with Gasteiger partial charge in [-0.1, -0.05) is 12.7 Å². The van der Waals surface area contributed by atoms with Crippen LogP contribution in [-0.4, -0.2) is 74.3 Å². The zero-order chi connectivity index (χ0) is 19.2. The van der Waals surface area contributed by atoms with Crippen molar-refractivity contribution < 1.29 is 41.1 Å². The molecule has 0 fully saturated rings. The molecular formula is C14H25NO8S. The van der Waals surface area contributed by atoms with Crippen LogP contribution in [0.2, 0.25) is 0 Å². The molecule has 0 radical (unpaired) electrons. The molecule has 0 spiro atoms. The van der Waals surface area contributed by atoms with Gasteiger partial charge < -0.3 is 18.5 Å². The number of quaternary nitrogens is 1. The minimum absolute atomic E-state index is 0.127. The first kappa shape index (κ1) is 24.5. The molecule has 0 aromatic heterocycles. The number of carbonyl (C=O) groups excluding carboxylic acids is 2. The quantitative estimate of drug-likeness (QED) is 0.117. The molecule has 10 heteroatoms. The van der Waals surface area contributed by atoms with Crippen LogP contribution in [0.25, 0.3) is 0 Å². The summed E-state index contributed by atoms with van der Waals surface area (Å²) in [4.78, 5) is 22.3. The second-order valence-corrected chi connectivity index (χ2v) is 6.03. The molecule has 0 saturated heterocycles. The molecule has 0 bridgehead atoms. The monoisotopic (exact) mass is 367 g/mol. The lowest BCUT2D eigenvalue weighted by molar-refractivity contribution is -0.888. The van der Waals surface area contributed by atoms with Gasteiger partial charge in [0.15, 0.2) is 0 Å². The molecule has 0 heterocycles. The summed E-state index contributed by atoms with van der Waals surface area (Å²) < 4.78 is 43.4. The van der Waals surface area contributed by atoms with Crippen molar-refractivity contribution in [3.05, 3.63) is 24.8 Å². The summed E-state index contributed by atoms with van der Waals surface area (Å²) >= 11 is 0. The molecule has 0 aliphatic carbocycles. The molecule has 1 N–H and O–H groups in total. The van der Waals surface area contributed by atoms with Crippen LogP contribution >= 0.6 is 0 Å². The summed E-state index contributed by atoms with van der Waals surface area (Å²) in [6.07, 6.45) is 4.38. The number of hydrogen-bond donors (Lipinski definition) is 1. The summed E-state index contributed by atoms with van der Waals surface area (Å²) in [6.45, 7) is 7.98. The van der Waals surface area contributed by atoms with E-state index >= 15 is 0 Å². The molecule has 0 atom stereocenters. The Morgan fingerprint density at radius 3 is 2.08 bits per heavy atom. The Morgan fingerprint density at radius 2 is 1.67 bits per heavy atom. The van der Waals surface area contributed by atoms with Crippen molar-refractivity contribution in [1.29, 1.82) is 0 Å². The van der Waals surface area contributed by atoms with E-state index in [1.54, 1.807) is 0 Å². The highest BCUT2D eigenvalue weighted by molar-refractivity contribution is 7.79. The van der Waals surface area contributed by atoms with E-state index in [2.05, 4.69) is 32.3 Å². The lowest BCUT2D eigenvalue weighted by Gasteiger charge is -2.27. The molecular weight excluding hydrogens is 342 g/mol. The minimum atomic E-state index is -4.92. The molecule has 0 aliphatic rings. The maximum Gasteiger partial charge on any atom is 0.331 e. The zero-order valence-corrected chi connectivity index (χ0v) is 15.0. The van der Waals surface area contributed by atoms with Crippen LogP contribution in [-0.2, 0) is 29.5 Å². The minimum Gasteiger partial charge on any atom is -0.726 e. The van der Waals surface area contributed by atoms with E-state index in [1.807, 2.05) is 0 Å². The molecule has 24 heavy (non-hydrogen) atoms. The lowest BCUT2D eigenvalue weighted by atomic mass is 10.3. The summed E-state index contributed by atoms with van der Waals surface area (Å²) in [6, 6.07) is 0. The Hall–Kier alpha value is -1.75. The second-order valence-electron chi connectivity index (χ2n) is 5.18. The van der Waals surface area contributed by atoms with Crippen LogP contribution in [0.5, 0.6) is 0 Å². The number of nitrogens with zero attached hydrogens (tertiary/aromatic N) is 1. The fourth-order valence-electron chi connectivity index (χ4n) is 1.20. The topological polar surface area (TPSA) is 130 Å². The summed E-state index contributed by atoms with van der Waals surface area (Å²) in [5, 5.41) is 0. The number of hydrogen-bond acceptors (Lipinski definition) is 7. The average Bonchev–Trinajstić information content (AvgIpc) is 2.45. The zero-order valence-electron chi connectivity index (χ0n) is 14.1. The molecule has 0 aliphatic heterocycles. The fourth-order valence-corrected chi connectivity index (χ4v) is 1.20. The van der Waals surface area contributed by atoms with Gasteiger partial charge in [-0.05, 0) is 6.92 Å². The standard InChI is InChI=1S/C14H24NO4.H2O4S/c1-5-11-18-13(16)8-9-14(17)19-12-7-10-15(3,4)6-2;1-5(2,3)4/h5,8-9H,1,6-7,10-12H2,2-4H3;(H2,1,2,3,4)/q+1;/p-1. The van der Waals surface area contributed by atoms with Crippen molar-refractivity contribution in [2.75, 3.05) is 40.4 Å². The van der Waals surface area contributed by atoms with Crippen LogP contribution in [0.3, 0.4) is 0 Å². The van der Waals surface area contributed by atoms with Crippen molar-refractivity contribution in [1.82, 2.24) is 0 Å². The van der Waals surface area contributed by atoms with E-state index in [0.29, 0.717) is 6.61 Å². The molecule has 0 saturated carbocycles. The van der Waals surface area contributed by atoms with E-state index < -0.39 is 22.3 Å². The molecule has 0 aromatic carbocycles. The number of ether oxygens (including phenoxy) is 2.